The molecule has 114 valence electrons. The maximum atomic E-state index is 12.6. The molecule has 1 fully saturated rings. The van der Waals surface area contributed by atoms with Gasteiger partial charge in [0.1, 0.15) is 4.90 Å². The molecular weight excluding hydrogens is 387 g/mol. The molecule has 0 radical (unpaired) electrons. The van der Waals surface area contributed by atoms with Crippen molar-refractivity contribution in [3.05, 3.63) is 27.7 Å². The molecule has 8 heteroatoms. The smallest absolute Gasteiger partial charge is 0.245 e. The van der Waals surface area contributed by atoms with E-state index >= 15 is 0 Å². The van der Waals surface area contributed by atoms with Crippen LogP contribution in [0.3, 0.4) is 0 Å². The third-order valence-corrected chi connectivity index (χ3v) is 6.77. The minimum atomic E-state index is -3.54. The van der Waals surface area contributed by atoms with Crippen LogP contribution in [0.2, 0.25) is 5.02 Å². The standard InChI is InChI=1S/C12H16BrClN2O2S.ClH/c13-10-2-1-3-11(14)12(10)19(17,18)16-6-4-9(8-15)5-7-16;/h1-3,9H,4-8,15H2;1H. The van der Waals surface area contributed by atoms with Gasteiger partial charge in [-0.15, -0.1) is 12.4 Å². The molecule has 0 aliphatic carbocycles. The summed E-state index contributed by atoms with van der Waals surface area (Å²) in [7, 11) is -3.54. The van der Waals surface area contributed by atoms with Gasteiger partial charge in [0.25, 0.3) is 0 Å². The predicted octanol–water partition coefficient (Wildman–Crippen LogP) is 2.88. The quantitative estimate of drug-likeness (QED) is 0.843. The number of hydrogen-bond acceptors (Lipinski definition) is 3. The first kappa shape index (κ1) is 18.2. The molecule has 1 aromatic rings. The lowest BCUT2D eigenvalue weighted by Crippen LogP contribution is -2.40. The van der Waals surface area contributed by atoms with Gasteiger partial charge in [0.2, 0.25) is 10.0 Å². The Morgan fingerprint density at radius 2 is 1.95 bits per heavy atom. The van der Waals surface area contributed by atoms with E-state index in [0.29, 0.717) is 30.0 Å². The molecule has 2 N–H and O–H groups in total. The maximum absolute atomic E-state index is 12.6. The zero-order valence-electron chi connectivity index (χ0n) is 10.8. The number of sulfonamides is 1. The highest BCUT2D eigenvalue weighted by Gasteiger charge is 2.31. The normalized spacial score (nSPS) is 17.8. The first-order valence-corrected chi connectivity index (χ1v) is 8.72. The van der Waals surface area contributed by atoms with E-state index in [-0.39, 0.29) is 22.3 Å². The second-order valence-electron chi connectivity index (χ2n) is 4.63. The lowest BCUT2D eigenvalue weighted by molar-refractivity contribution is 0.278. The Bertz CT molecular complexity index is 540. The van der Waals surface area contributed by atoms with Crippen LogP contribution in [0.25, 0.3) is 0 Å². The summed E-state index contributed by atoms with van der Waals surface area (Å²) in [5.41, 5.74) is 5.62. The number of hydrogen-bond donors (Lipinski definition) is 1. The number of nitrogens with two attached hydrogens (primary N) is 1. The van der Waals surface area contributed by atoms with Crippen LogP contribution < -0.4 is 5.73 Å². The average molecular weight is 404 g/mol. The van der Waals surface area contributed by atoms with Gasteiger partial charge < -0.3 is 5.73 Å². The Labute approximate surface area is 139 Å². The zero-order valence-corrected chi connectivity index (χ0v) is 14.7. The minimum Gasteiger partial charge on any atom is -0.330 e. The molecule has 0 atom stereocenters. The van der Waals surface area contributed by atoms with Crippen molar-refractivity contribution in [2.75, 3.05) is 19.6 Å². The van der Waals surface area contributed by atoms with Gasteiger partial charge >= 0.3 is 0 Å². The summed E-state index contributed by atoms with van der Waals surface area (Å²) in [5, 5.41) is 0.246. The van der Waals surface area contributed by atoms with Crippen LogP contribution in [0.4, 0.5) is 0 Å². The Morgan fingerprint density at radius 1 is 1.35 bits per heavy atom. The highest BCUT2D eigenvalue weighted by atomic mass is 79.9. The minimum absolute atomic E-state index is 0. The average Bonchev–Trinajstić information content (AvgIpc) is 2.38. The molecule has 1 aliphatic rings. The van der Waals surface area contributed by atoms with Gasteiger partial charge in [-0.3, -0.25) is 0 Å². The van der Waals surface area contributed by atoms with Gasteiger partial charge in [0.15, 0.2) is 0 Å². The third-order valence-electron chi connectivity index (χ3n) is 3.42. The fourth-order valence-electron chi connectivity index (χ4n) is 2.24. The molecule has 0 spiro atoms. The van der Waals surface area contributed by atoms with E-state index in [0.717, 1.165) is 12.8 Å². The zero-order chi connectivity index (χ0) is 14.0. The third kappa shape index (κ3) is 3.67. The van der Waals surface area contributed by atoms with Crippen molar-refractivity contribution < 1.29 is 8.42 Å². The Morgan fingerprint density at radius 3 is 2.45 bits per heavy atom. The van der Waals surface area contributed by atoms with Crippen LogP contribution in [0.15, 0.2) is 27.6 Å². The molecule has 0 bridgehead atoms. The lowest BCUT2D eigenvalue weighted by atomic mass is 9.99. The SMILES string of the molecule is Cl.NCC1CCN(S(=O)(=O)c2c(Cl)cccc2Br)CC1. The van der Waals surface area contributed by atoms with Crippen LogP contribution in [-0.4, -0.2) is 32.4 Å². The van der Waals surface area contributed by atoms with Crippen LogP contribution in [0.5, 0.6) is 0 Å². The Hall–Kier alpha value is 0.150. The predicted molar refractivity (Wildman–Crippen MR) is 86.9 cm³/mol. The molecule has 1 aliphatic heterocycles. The van der Waals surface area contributed by atoms with Crippen molar-refractivity contribution in [1.82, 2.24) is 4.31 Å². The van der Waals surface area contributed by atoms with Crippen molar-refractivity contribution in [2.24, 2.45) is 11.7 Å². The molecule has 1 heterocycles. The molecule has 2 rings (SSSR count). The maximum Gasteiger partial charge on any atom is 0.245 e. The molecule has 4 nitrogen and oxygen atoms in total. The van der Waals surface area contributed by atoms with Crippen molar-refractivity contribution in [3.8, 4) is 0 Å². The highest BCUT2D eigenvalue weighted by Crippen LogP contribution is 2.33. The van der Waals surface area contributed by atoms with E-state index in [1.807, 2.05) is 0 Å². The number of rotatable bonds is 3. The fourth-order valence-corrected chi connectivity index (χ4v) is 5.38. The van der Waals surface area contributed by atoms with Crippen LogP contribution in [0.1, 0.15) is 12.8 Å². The second kappa shape index (κ2) is 7.42. The second-order valence-corrected chi connectivity index (χ2v) is 7.77. The molecule has 0 amide bonds. The van der Waals surface area contributed by atoms with Crippen LogP contribution in [0, 0.1) is 5.92 Å². The van der Waals surface area contributed by atoms with Crippen LogP contribution >= 0.6 is 39.9 Å². The molecular formula is C12H17BrCl2N2O2S. The number of halogens is 3. The number of benzene rings is 1. The van der Waals surface area contributed by atoms with Crippen molar-refractivity contribution in [2.45, 2.75) is 17.7 Å². The molecule has 0 saturated carbocycles. The van der Waals surface area contributed by atoms with Crippen molar-refractivity contribution in [3.63, 3.8) is 0 Å². The van der Waals surface area contributed by atoms with Gasteiger partial charge in [-0.05, 0) is 53.4 Å². The fraction of sp³-hybridized carbons (Fsp3) is 0.500. The van der Waals surface area contributed by atoms with Crippen LogP contribution in [-0.2, 0) is 10.0 Å². The van der Waals surface area contributed by atoms with E-state index in [4.69, 9.17) is 17.3 Å². The van der Waals surface area contributed by atoms with E-state index in [1.165, 1.54) is 4.31 Å². The summed E-state index contributed by atoms with van der Waals surface area (Å²) in [6.07, 6.45) is 1.61. The van der Waals surface area contributed by atoms with E-state index < -0.39 is 10.0 Å². The number of nitrogens with zero attached hydrogens (tertiary/aromatic N) is 1. The van der Waals surface area contributed by atoms with E-state index in [2.05, 4.69) is 15.9 Å². The van der Waals surface area contributed by atoms with Gasteiger partial charge in [-0.25, -0.2) is 8.42 Å². The van der Waals surface area contributed by atoms with E-state index in [9.17, 15) is 8.42 Å². The largest absolute Gasteiger partial charge is 0.330 e. The molecule has 20 heavy (non-hydrogen) atoms. The topological polar surface area (TPSA) is 63.4 Å². The monoisotopic (exact) mass is 402 g/mol. The lowest BCUT2D eigenvalue weighted by Gasteiger charge is -2.31. The van der Waals surface area contributed by atoms with Crippen molar-refractivity contribution >= 4 is 50.0 Å². The Kier molecular flexibility index (Phi) is 6.76. The summed E-state index contributed by atoms with van der Waals surface area (Å²) in [4.78, 5) is 0.155. The Balaban J connectivity index is 0.00000200. The van der Waals surface area contributed by atoms with Gasteiger partial charge in [0.05, 0.1) is 5.02 Å². The molecule has 1 aromatic carbocycles. The summed E-state index contributed by atoms with van der Waals surface area (Å²) < 4.78 is 27.2. The summed E-state index contributed by atoms with van der Waals surface area (Å²) in [5.74, 6) is 0.418. The van der Waals surface area contributed by atoms with E-state index in [1.54, 1.807) is 18.2 Å². The molecule has 1 saturated heterocycles. The summed E-state index contributed by atoms with van der Waals surface area (Å²) in [6.45, 7) is 1.62. The highest BCUT2D eigenvalue weighted by molar-refractivity contribution is 9.10. The first-order valence-electron chi connectivity index (χ1n) is 6.11. The van der Waals surface area contributed by atoms with Gasteiger partial charge in [0, 0.05) is 17.6 Å². The van der Waals surface area contributed by atoms with Gasteiger partial charge in [-0.2, -0.15) is 4.31 Å². The van der Waals surface area contributed by atoms with Crippen molar-refractivity contribution in [1.29, 1.82) is 0 Å². The first-order chi connectivity index (χ1) is 8.96. The number of piperidine rings is 1. The summed E-state index contributed by atoms with van der Waals surface area (Å²) in [6, 6.07) is 4.99. The van der Waals surface area contributed by atoms with Gasteiger partial charge in [-0.1, -0.05) is 17.7 Å². The molecule has 0 aromatic heterocycles. The summed E-state index contributed by atoms with van der Waals surface area (Å²) >= 11 is 9.30. The molecule has 0 unspecified atom stereocenters.